The summed E-state index contributed by atoms with van der Waals surface area (Å²) >= 11 is 7.32. The number of thioether (sulfide) groups is 1. The fourth-order valence-electron chi connectivity index (χ4n) is 2.78. The average Bonchev–Trinajstić information content (AvgIpc) is 3.10. The number of nitrogens with zero attached hydrogens (tertiary/aromatic N) is 3. The van der Waals surface area contributed by atoms with Gasteiger partial charge in [-0.25, -0.2) is 0 Å². The summed E-state index contributed by atoms with van der Waals surface area (Å²) in [5.41, 5.74) is 2.93. The number of aromatic nitrogens is 3. The van der Waals surface area contributed by atoms with Crippen LogP contribution in [0.1, 0.15) is 25.3 Å². The van der Waals surface area contributed by atoms with Crippen LogP contribution in [0.3, 0.4) is 0 Å². The predicted molar refractivity (Wildman–Crippen MR) is 121 cm³/mol. The summed E-state index contributed by atoms with van der Waals surface area (Å²) in [6.07, 6.45) is 1.78. The van der Waals surface area contributed by atoms with E-state index < -0.39 is 0 Å². The Bertz CT molecular complexity index is 981. The summed E-state index contributed by atoms with van der Waals surface area (Å²) in [7, 11) is 0. The van der Waals surface area contributed by atoms with E-state index in [1.807, 2.05) is 53.1 Å². The number of hydrogen-bond acceptors (Lipinski definition) is 4. The van der Waals surface area contributed by atoms with E-state index in [1.165, 1.54) is 17.3 Å². The van der Waals surface area contributed by atoms with Crippen molar-refractivity contribution in [1.82, 2.24) is 14.8 Å². The first kappa shape index (κ1) is 21.1. The van der Waals surface area contributed by atoms with Crippen molar-refractivity contribution in [2.75, 3.05) is 11.1 Å². The first-order valence-electron chi connectivity index (χ1n) is 9.30. The molecule has 0 aliphatic carbocycles. The molecule has 150 valence electrons. The molecule has 0 unspecified atom stereocenters. The number of anilines is 1. The molecule has 1 N–H and O–H groups in total. The topological polar surface area (TPSA) is 59.8 Å². The van der Waals surface area contributed by atoms with Gasteiger partial charge in [0.2, 0.25) is 5.91 Å². The van der Waals surface area contributed by atoms with Gasteiger partial charge in [-0.1, -0.05) is 55.4 Å². The fraction of sp³-hybridized carbons (Fsp3) is 0.227. The number of nitrogens with one attached hydrogen (secondary N) is 1. The summed E-state index contributed by atoms with van der Waals surface area (Å²) in [5, 5.41) is 12.8. The number of carbonyl (C=O) groups is 1. The molecular weight excluding hydrogens is 404 g/mol. The Morgan fingerprint density at radius 1 is 1.17 bits per heavy atom. The number of rotatable bonds is 8. The van der Waals surface area contributed by atoms with Gasteiger partial charge in [0.1, 0.15) is 0 Å². The normalized spacial score (nSPS) is 10.9. The second-order valence-electron chi connectivity index (χ2n) is 6.83. The third-order valence-corrected chi connectivity index (χ3v) is 5.54. The summed E-state index contributed by atoms with van der Waals surface area (Å²) in [6.45, 7) is 8.64. The first-order valence-corrected chi connectivity index (χ1v) is 10.7. The van der Waals surface area contributed by atoms with Crippen LogP contribution >= 0.6 is 23.4 Å². The fourth-order valence-corrected chi connectivity index (χ4v) is 3.65. The van der Waals surface area contributed by atoms with E-state index in [4.69, 9.17) is 11.6 Å². The van der Waals surface area contributed by atoms with Crippen molar-refractivity contribution >= 4 is 35.0 Å². The number of halogens is 1. The zero-order chi connectivity index (χ0) is 20.8. The molecule has 1 amide bonds. The Kier molecular flexibility index (Phi) is 7.12. The Hall–Kier alpha value is -2.57. The van der Waals surface area contributed by atoms with Crippen LogP contribution in [-0.2, 0) is 11.3 Å². The van der Waals surface area contributed by atoms with Gasteiger partial charge in [0.25, 0.3) is 0 Å². The lowest BCUT2D eigenvalue weighted by Crippen LogP contribution is -2.14. The summed E-state index contributed by atoms with van der Waals surface area (Å²) in [5.74, 6) is 1.32. The van der Waals surface area contributed by atoms with Crippen LogP contribution in [-0.4, -0.2) is 26.4 Å². The lowest BCUT2D eigenvalue weighted by atomic mass is 10.0. The lowest BCUT2D eigenvalue weighted by molar-refractivity contribution is -0.113. The number of allylic oxidation sites excluding steroid dienone is 1. The molecule has 1 heterocycles. The van der Waals surface area contributed by atoms with E-state index in [2.05, 4.69) is 35.9 Å². The molecule has 7 heteroatoms. The third kappa shape index (κ3) is 5.49. The van der Waals surface area contributed by atoms with Crippen molar-refractivity contribution in [3.05, 3.63) is 71.8 Å². The molecule has 0 spiro atoms. The van der Waals surface area contributed by atoms with E-state index >= 15 is 0 Å². The molecule has 0 aliphatic rings. The Morgan fingerprint density at radius 3 is 2.48 bits per heavy atom. The van der Waals surface area contributed by atoms with E-state index in [1.54, 1.807) is 6.08 Å². The van der Waals surface area contributed by atoms with Gasteiger partial charge >= 0.3 is 0 Å². The molecule has 29 heavy (non-hydrogen) atoms. The summed E-state index contributed by atoms with van der Waals surface area (Å²) in [6, 6.07) is 15.3. The highest BCUT2D eigenvalue weighted by Crippen LogP contribution is 2.25. The zero-order valence-electron chi connectivity index (χ0n) is 16.4. The van der Waals surface area contributed by atoms with Gasteiger partial charge in [-0.15, -0.1) is 16.8 Å². The largest absolute Gasteiger partial charge is 0.325 e. The number of benzene rings is 2. The molecule has 0 fully saturated rings. The van der Waals surface area contributed by atoms with Crippen molar-refractivity contribution in [1.29, 1.82) is 0 Å². The van der Waals surface area contributed by atoms with Gasteiger partial charge in [-0.2, -0.15) is 0 Å². The Morgan fingerprint density at radius 2 is 1.86 bits per heavy atom. The van der Waals surface area contributed by atoms with Crippen LogP contribution in [0.2, 0.25) is 5.02 Å². The summed E-state index contributed by atoms with van der Waals surface area (Å²) in [4.78, 5) is 12.4. The van der Waals surface area contributed by atoms with Crippen LogP contribution in [0, 0.1) is 0 Å². The van der Waals surface area contributed by atoms with E-state index in [-0.39, 0.29) is 11.7 Å². The van der Waals surface area contributed by atoms with Crippen molar-refractivity contribution in [2.24, 2.45) is 0 Å². The van der Waals surface area contributed by atoms with Crippen LogP contribution in [0.5, 0.6) is 0 Å². The Labute approximate surface area is 180 Å². The minimum Gasteiger partial charge on any atom is -0.325 e. The predicted octanol–water partition coefficient (Wildman–Crippen LogP) is 5.64. The summed E-state index contributed by atoms with van der Waals surface area (Å²) < 4.78 is 1.94. The maximum absolute atomic E-state index is 12.4. The van der Waals surface area contributed by atoms with Gasteiger partial charge < -0.3 is 5.32 Å². The number of amides is 1. The van der Waals surface area contributed by atoms with E-state index in [0.717, 1.165) is 11.3 Å². The molecule has 3 aromatic rings. The quantitative estimate of drug-likeness (QED) is 0.374. The standard InChI is InChI=1S/C22H23ClN4OS/c1-4-13-27-21(17-5-9-18(23)10-6-17)25-26-22(27)29-14-20(28)24-19-11-7-16(8-12-19)15(2)3/h4-12,15H,1,13-14H2,2-3H3,(H,24,28). The molecule has 0 saturated heterocycles. The second-order valence-corrected chi connectivity index (χ2v) is 8.20. The van der Waals surface area contributed by atoms with Gasteiger partial charge in [0.15, 0.2) is 11.0 Å². The van der Waals surface area contributed by atoms with Crippen molar-refractivity contribution < 1.29 is 4.79 Å². The highest BCUT2D eigenvalue weighted by atomic mass is 35.5. The maximum atomic E-state index is 12.4. The van der Waals surface area contributed by atoms with Crippen LogP contribution < -0.4 is 5.32 Å². The van der Waals surface area contributed by atoms with Gasteiger partial charge in [0, 0.05) is 22.8 Å². The van der Waals surface area contributed by atoms with Gasteiger partial charge in [-0.3, -0.25) is 9.36 Å². The minimum absolute atomic E-state index is 0.0894. The average molecular weight is 427 g/mol. The van der Waals surface area contributed by atoms with Crippen molar-refractivity contribution in [3.8, 4) is 11.4 Å². The Balaban J connectivity index is 1.67. The lowest BCUT2D eigenvalue weighted by Gasteiger charge is -2.09. The van der Waals surface area contributed by atoms with E-state index in [0.29, 0.717) is 28.5 Å². The molecule has 1 aromatic heterocycles. The van der Waals surface area contributed by atoms with Crippen molar-refractivity contribution in [2.45, 2.75) is 31.5 Å². The third-order valence-electron chi connectivity index (χ3n) is 4.32. The van der Waals surface area contributed by atoms with Gasteiger partial charge in [-0.05, 0) is 47.9 Å². The molecular formula is C22H23ClN4OS. The minimum atomic E-state index is -0.0894. The second kappa shape index (κ2) is 9.76. The molecule has 2 aromatic carbocycles. The maximum Gasteiger partial charge on any atom is 0.234 e. The molecule has 0 atom stereocenters. The SMILES string of the molecule is C=CCn1c(SCC(=O)Nc2ccc(C(C)C)cc2)nnc1-c1ccc(Cl)cc1. The monoisotopic (exact) mass is 426 g/mol. The van der Waals surface area contributed by atoms with Crippen LogP contribution in [0.15, 0.2) is 66.3 Å². The molecule has 5 nitrogen and oxygen atoms in total. The highest BCUT2D eigenvalue weighted by molar-refractivity contribution is 7.99. The molecule has 3 rings (SSSR count). The molecule has 0 saturated carbocycles. The number of carbonyl (C=O) groups excluding carboxylic acids is 1. The molecule has 0 aliphatic heterocycles. The zero-order valence-corrected chi connectivity index (χ0v) is 18.0. The number of hydrogen-bond donors (Lipinski definition) is 1. The molecule has 0 bridgehead atoms. The van der Waals surface area contributed by atoms with Crippen LogP contribution in [0.25, 0.3) is 11.4 Å². The van der Waals surface area contributed by atoms with E-state index in [9.17, 15) is 4.79 Å². The first-order chi connectivity index (χ1) is 14.0. The molecule has 0 radical (unpaired) electrons. The van der Waals surface area contributed by atoms with Crippen molar-refractivity contribution in [3.63, 3.8) is 0 Å². The smallest absolute Gasteiger partial charge is 0.234 e. The van der Waals surface area contributed by atoms with Gasteiger partial charge in [0.05, 0.1) is 5.75 Å². The highest BCUT2D eigenvalue weighted by Gasteiger charge is 2.15. The van der Waals surface area contributed by atoms with Crippen LogP contribution in [0.4, 0.5) is 5.69 Å².